The normalized spacial score (nSPS) is 17.4. The number of hydrogen-bond acceptors (Lipinski definition) is 3. The maximum atomic E-state index is 12.7. The number of imidazole rings is 1. The zero-order valence-corrected chi connectivity index (χ0v) is 14.8. The van der Waals surface area contributed by atoms with Crippen LogP contribution >= 0.6 is 11.6 Å². The zero-order chi connectivity index (χ0) is 17.4. The van der Waals surface area contributed by atoms with Gasteiger partial charge in [0.25, 0.3) is 5.91 Å². The van der Waals surface area contributed by atoms with E-state index in [-0.39, 0.29) is 11.8 Å². The van der Waals surface area contributed by atoms with E-state index in [1.54, 1.807) is 30.5 Å². The van der Waals surface area contributed by atoms with Gasteiger partial charge in [0, 0.05) is 42.3 Å². The maximum absolute atomic E-state index is 12.7. The van der Waals surface area contributed by atoms with Gasteiger partial charge in [-0.3, -0.25) is 4.79 Å². The zero-order valence-electron chi connectivity index (χ0n) is 14.0. The van der Waals surface area contributed by atoms with E-state index in [0.717, 1.165) is 36.5 Å². The van der Waals surface area contributed by atoms with Crippen molar-refractivity contribution in [1.29, 1.82) is 0 Å². The molecule has 0 bridgehead atoms. The first kappa shape index (κ1) is 16.1. The highest BCUT2D eigenvalue weighted by molar-refractivity contribution is 6.30. The smallest absolute Gasteiger partial charge is 0.253 e. The Morgan fingerprint density at radius 1 is 1.28 bits per heavy atom. The highest BCUT2D eigenvalue weighted by atomic mass is 35.5. The lowest BCUT2D eigenvalue weighted by molar-refractivity contribution is 0.0790. The van der Waals surface area contributed by atoms with Crippen molar-refractivity contribution in [3.8, 4) is 0 Å². The summed E-state index contributed by atoms with van der Waals surface area (Å²) in [6.07, 6.45) is 2.72. The van der Waals surface area contributed by atoms with Gasteiger partial charge < -0.3 is 9.47 Å². The van der Waals surface area contributed by atoms with Crippen LogP contribution in [0.5, 0.6) is 0 Å². The van der Waals surface area contributed by atoms with Gasteiger partial charge in [0.2, 0.25) is 0 Å². The van der Waals surface area contributed by atoms with Crippen LogP contribution in [0.4, 0.5) is 0 Å². The molecular formula is C19H19ClN4O. The molecule has 1 aliphatic rings. The van der Waals surface area contributed by atoms with Gasteiger partial charge in [-0.2, -0.15) is 0 Å². The summed E-state index contributed by atoms with van der Waals surface area (Å²) >= 11 is 5.91. The van der Waals surface area contributed by atoms with Crippen LogP contribution in [-0.4, -0.2) is 38.4 Å². The summed E-state index contributed by atoms with van der Waals surface area (Å²) in [5.41, 5.74) is 2.51. The van der Waals surface area contributed by atoms with Crippen LogP contribution in [0.1, 0.15) is 35.4 Å². The molecule has 0 N–H and O–H groups in total. The lowest BCUT2D eigenvalue weighted by Crippen LogP contribution is -2.28. The van der Waals surface area contributed by atoms with Crippen molar-refractivity contribution in [3.63, 3.8) is 0 Å². The molecule has 25 heavy (non-hydrogen) atoms. The predicted molar refractivity (Wildman–Crippen MR) is 97.9 cm³/mol. The molecule has 0 unspecified atom stereocenters. The SMILES string of the molecule is CCn1c([C@@H]2CCN(C(=O)c3ccc(Cl)cc3)C2)nc2cccnc21. The molecule has 5 nitrogen and oxygen atoms in total. The summed E-state index contributed by atoms with van der Waals surface area (Å²) in [6.45, 7) is 4.35. The fraction of sp³-hybridized carbons (Fsp3) is 0.316. The van der Waals surface area contributed by atoms with E-state index >= 15 is 0 Å². The first-order valence-corrected chi connectivity index (χ1v) is 8.91. The molecule has 128 valence electrons. The second kappa shape index (κ2) is 6.48. The average Bonchev–Trinajstić information content (AvgIpc) is 3.26. The van der Waals surface area contributed by atoms with Gasteiger partial charge in [-0.25, -0.2) is 9.97 Å². The van der Waals surface area contributed by atoms with Gasteiger partial charge >= 0.3 is 0 Å². The van der Waals surface area contributed by atoms with Crippen LogP contribution in [0.3, 0.4) is 0 Å². The number of halogens is 1. The van der Waals surface area contributed by atoms with Crippen LogP contribution in [0.25, 0.3) is 11.2 Å². The first-order valence-electron chi connectivity index (χ1n) is 8.53. The van der Waals surface area contributed by atoms with E-state index in [0.29, 0.717) is 17.1 Å². The van der Waals surface area contributed by atoms with Crippen LogP contribution < -0.4 is 0 Å². The lowest BCUT2D eigenvalue weighted by Gasteiger charge is -2.17. The Labute approximate surface area is 151 Å². The van der Waals surface area contributed by atoms with Gasteiger partial charge in [-0.1, -0.05) is 11.6 Å². The quantitative estimate of drug-likeness (QED) is 0.720. The molecule has 0 spiro atoms. The number of pyridine rings is 1. The van der Waals surface area contributed by atoms with Gasteiger partial charge in [-0.05, 0) is 49.7 Å². The van der Waals surface area contributed by atoms with Gasteiger partial charge in [0.05, 0.1) is 0 Å². The topological polar surface area (TPSA) is 51.0 Å². The van der Waals surface area contributed by atoms with E-state index in [1.165, 1.54) is 0 Å². The second-order valence-corrected chi connectivity index (χ2v) is 6.74. The number of nitrogens with zero attached hydrogens (tertiary/aromatic N) is 4. The van der Waals surface area contributed by atoms with Crippen molar-refractivity contribution < 1.29 is 4.79 Å². The van der Waals surface area contributed by atoms with Crippen molar-refractivity contribution in [1.82, 2.24) is 19.4 Å². The molecule has 3 heterocycles. The third-order valence-corrected chi connectivity index (χ3v) is 5.03. The molecule has 0 aliphatic carbocycles. The summed E-state index contributed by atoms with van der Waals surface area (Å²) in [6, 6.07) is 11.0. The number of hydrogen-bond donors (Lipinski definition) is 0. The number of rotatable bonds is 3. The number of carbonyl (C=O) groups excluding carboxylic acids is 1. The molecule has 0 saturated carbocycles. The molecule has 3 aromatic rings. The van der Waals surface area contributed by atoms with E-state index in [1.807, 2.05) is 17.0 Å². The summed E-state index contributed by atoms with van der Waals surface area (Å²) in [5.74, 6) is 1.32. The number of likely N-dealkylation sites (tertiary alicyclic amines) is 1. The monoisotopic (exact) mass is 354 g/mol. The lowest BCUT2D eigenvalue weighted by atomic mass is 10.1. The van der Waals surface area contributed by atoms with Gasteiger partial charge in [0.15, 0.2) is 5.65 Å². The van der Waals surface area contributed by atoms with Crippen LogP contribution in [0.15, 0.2) is 42.6 Å². The number of amides is 1. The third-order valence-electron chi connectivity index (χ3n) is 4.78. The van der Waals surface area contributed by atoms with E-state index in [2.05, 4.69) is 16.5 Å². The van der Waals surface area contributed by atoms with Crippen LogP contribution in [0, 0.1) is 0 Å². The molecule has 1 atom stereocenters. The molecule has 1 amide bonds. The van der Waals surface area contributed by atoms with Crippen molar-refractivity contribution in [3.05, 3.63) is 59.0 Å². The molecular weight excluding hydrogens is 336 g/mol. The number of aryl methyl sites for hydroxylation is 1. The Balaban J connectivity index is 1.58. The number of carbonyl (C=O) groups is 1. The standard InChI is InChI=1S/C19H19ClN4O/c1-2-24-17(22-16-4-3-10-21-18(16)24)14-9-11-23(12-14)19(25)13-5-7-15(20)8-6-13/h3-8,10,14H,2,9,11-12H2,1H3/t14-/m1/s1. The fourth-order valence-electron chi connectivity index (χ4n) is 3.53. The highest BCUT2D eigenvalue weighted by Gasteiger charge is 2.31. The van der Waals surface area contributed by atoms with Crippen molar-refractivity contribution >= 4 is 28.7 Å². The Hall–Kier alpha value is -2.40. The molecule has 1 aromatic carbocycles. The van der Waals surface area contributed by atoms with E-state index in [4.69, 9.17) is 16.6 Å². The van der Waals surface area contributed by atoms with Crippen molar-refractivity contribution in [2.45, 2.75) is 25.8 Å². The molecule has 6 heteroatoms. The second-order valence-electron chi connectivity index (χ2n) is 6.30. The van der Waals surface area contributed by atoms with Crippen molar-refractivity contribution in [2.75, 3.05) is 13.1 Å². The van der Waals surface area contributed by atoms with Gasteiger partial charge in [0.1, 0.15) is 11.3 Å². The summed E-state index contributed by atoms with van der Waals surface area (Å²) in [5, 5.41) is 0.639. The minimum absolute atomic E-state index is 0.0523. The average molecular weight is 355 g/mol. The highest BCUT2D eigenvalue weighted by Crippen LogP contribution is 2.30. The molecule has 2 aromatic heterocycles. The summed E-state index contributed by atoms with van der Waals surface area (Å²) in [4.78, 5) is 23.9. The molecule has 0 radical (unpaired) electrons. The minimum atomic E-state index is 0.0523. The fourth-order valence-corrected chi connectivity index (χ4v) is 3.66. The minimum Gasteiger partial charge on any atom is -0.338 e. The number of fused-ring (bicyclic) bond motifs is 1. The first-order chi connectivity index (χ1) is 12.2. The van der Waals surface area contributed by atoms with Crippen molar-refractivity contribution in [2.24, 2.45) is 0 Å². The predicted octanol–water partition coefficient (Wildman–Crippen LogP) is 3.73. The van der Waals surface area contributed by atoms with E-state index in [9.17, 15) is 4.79 Å². The van der Waals surface area contributed by atoms with E-state index < -0.39 is 0 Å². The maximum Gasteiger partial charge on any atom is 0.253 e. The molecule has 1 fully saturated rings. The Morgan fingerprint density at radius 3 is 2.84 bits per heavy atom. The van der Waals surface area contributed by atoms with Crippen LogP contribution in [0.2, 0.25) is 5.02 Å². The van der Waals surface area contributed by atoms with Gasteiger partial charge in [-0.15, -0.1) is 0 Å². The van der Waals surface area contributed by atoms with Crippen LogP contribution in [-0.2, 0) is 6.54 Å². The summed E-state index contributed by atoms with van der Waals surface area (Å²) < 4.78 is 2.16. The molecule has 1 saturated heterocycles. The number of benzene rings is 1. The largest absolute Gasteiger partial charge is 0.338 e. The Morgan fingerprint density at radius 2 is 2.08 bits per heavy atom. The molecule has 4 rings (SSSR count). The number of aromatic nitrogens is 3. The third kappa shape index (κ3) is 2.89. The summed E-state index contributed by atoms with van der Waals surface area (Å²) in [7, 11) is 0. The Kier molecular flexibility index (Phi) is 4.17. The Bertz CT molecular complexity index is 919. The molecule has 1 aliphatic heterocycles.